The minimum atomic E-state index is -0.743. The Morgan fingerprint density at radius 1 is 0.683 bits per heavy atom. The maximum absolute atomic E-state index is 15.5. The quantitative estimate of drug-likeness (QED) is 0.156. The van der Waals surface area contributed by atoms with Crippen LogP contribution in [0.1, 0.15) is 53.2 Å². The van der Waals surface area contributed by atoms with Gasteiger partial charge in [0.05, 0.1) is 74.7 Å². The van der Waals surface area contributed by atoms with Crippen LogP contribution in [-0.2, 0) is 23.0 Å². The number of halogens is 7. The van der Waals surface area contributed by atoms with Crippen LogP contribution in [0.4, 0.5) is 43.4 Å². The van der Waals surface area contributed by atoms with E-state index in [-0.39, 0.29) is 43.9 Å². The number of morpholine rings is 1. The first-order chi connectivity index (χ1) is 28.7. The molecule has 3 aromatic heterocycles. The van der Waals surface area contributed by atoms with E-state index in [1.54, 1.807) is 25.1 Å². The largest absolute Gasteiger partial charge is 0.378 e. The average Bonchev–Trinajstić information content (AvgIpc) is 3.46. The third kappa shape index (κ3) is 8.10. The minimum absolute atomic E-state index is 0.101. The van der Waals surface area contributed by atoms with Gasteiger partial charge in [-0.2, -0.15) is 0 Å². The molecule has 308 valence electrons. The second kappa shape index (κ2) is 16.4. The summed E-state index contributed by atoms with van der Waals surface area (Å²) in [6.07, 6.45) is 2.57. The molecular formula is C47H40ClF6N5O. The first-order valence-electron chi connectivity index (χ1n) is 19.5. The molecule has 0 saturated carbocycles. The van der Waals surface area contributed by atoms with Gasteiger partial charge in [-0.05, 0) is 66.4 Å². The van der Waals surface area contributed by atoms with Crippen LogP contribution in [0.15, 0.2) is 85.1 Å². The summed E-state index contributed by atoms with van der Waals surface area (Å²) in [5, 5.41) is 0.574. The molecule has 0 spiro atoms. The molecule has 9 rings (SSSR count). The summed E-state index contributed by atoms with van der Waals surface area (Å²) in [6.45, 7) is 11.3. The van der Waals surface area contributed by atoms with Gasteiger partial charge in [0.1, 0.15) is 34.9 Å². The van der Waals surface area contributed by atoms with Gasteiger partial charge in [-0.3, -0.25) is 15.0 Å². The normalized spacial score (nSPS) is 14.7. The van der Waals surface area contributed by atoms with Crippen LogP contribution in [0.5, 0.6) is 0 Å². The first kappa shape index (κ1) is 41.0. The Hall–Kier alpha value is -5.72. The summed E-state index contributed by atoms with van der Waals surface area (Å²) >= 11 is 6.21. The number of hydrogen-bond donors (Lipinski definition) is 0. The summed E-state index contributed by atoms with van der Waals surface area (Å²) in [7, 11) is 0. The topological polar surface area (TPSA) is 54.4 Å². The van der Waals surface area contributed by atoms with Crippen LogP contribution in [0.25, 0.3) is 21.8 Å². The van der Waals surface area contributed by atoms with E-state index in [0.29, 0.717) is 60.8 Å². The Bertz CT molecular complexity index is 2790. The number of fused-ring (bicyclic) bond motifs is 3. The van der Waals surface area contributed by atoms with E-state index in [2.05, 4.69) is 39.7 Å². The van der Waals surface area contributed by atoms with Gasteiger partial charge in [-0.15, -0.1) is 0 Å². The van der Waals surface area contributed by atoms with Crippen LogP contribution in [-0.4, -0.2) is 47.8 Å². The van der Waals surface area contributed by atoms with Crippen LogP contribution in [0.2, 0.25) is 5.02 Å². The highest BCUT2D eigenvalue weighted by molar-refractivity contribution is 6.36. The van der Waals surface area contributed by atoms with Gasteiger partial charge in [0.25, 0.3) is 0 Å². The van der Waals surface area contributed by atoms with Gasteiger partial charge in [0.15, 0.2) is 0 Å². The Morgan fingerprint density at radius 3 is 1.82 bits per heavy atom. The fraction of sp³-hybridized carbons (Fsp3) is 0.255. The summed E-state index contributed by atoms with van der Waals surface area (Å²) in [5.74, 6) is -3.49. The lowest BCUT2D eigenvalue weighted by Crippen LogP contribution is -2.36. The molecule has 0 radical (unpaired) electrons. The zero-order chi connectivity index (χ0) is 42.5. The lowest BCUT2D eigenvalue weighted by Gasteiger charge is -2.30. The van der Waals surface area contributed by atoms with Crippen molar-refractivity contribution in [2.45, 2.75) is 46.0 Å². The highest BCUT2D eigenvalue weighted by Gasteiger charge is 2.40. The predicted octanol–water partition coefficient (Wildman–Crippen LogP) is 11.4. The average molecular weight is 840 g/mol. The van der Waals surface area contributed by atoms with Crippen LogP contribution >= 0.6 is 11.6 Å². The third-order valence-electron chi connectivity index (χ3n) is 11.1. The van der Waals surface area contributed by atoms with Crippen molar-refractivity contribution in [1.29, 1.82) is 0 Å². The lowest BCUT2D eigenvalue weighted by atomic mass is 9.91. The van der Waals surface area contributed by atoms with Crippen LogP contribution < -0.4 is 9.80 Å². The van der Waals surface area contributed by atoms with Gasteiger partial charge in [0, 0.05) is 67.9 Å². The zero-order valence-electron chi connectivity index (χ0n) is 33.3. The van der Waals surface area contributed by atoms with Gasteiger partial charge in [0.2, 0.25) is 0 Å². The fourth-order valence-electron chi connectivity index (χ4n) is 8.13. The van der Waals surface area contributed by atoms with E-state index in [1.807, 2.05) is 19.2 Å². The van der Waals surface area contributed by atoms with E-state index in [0.717, 1.165) is 59.5 Å². The van der Waals surface area contributed by atoms with Crippen molar-refractivity contribution in [3.8, 4) is 0 Å². The van der Waals surface area contributed by atoms with Gasteiger partial charge < -0.3 is 14.5 Å². The second-order valence-corrected chi connectivity index (χ2v) is 16.2. The van der Waals surface area contributed by atoms with Crippen LogP contribution in [0.3, 0.4) is 0 Å². The molecule has 0 amide bonds. The summed E-state index contributed by atoms with van der Waals surface area (Å²) in [6, 6.07) is 18.6. The van der Waals surface area contributed by atoms with Crippen molar-refractivity contribution in [2.24, 2.45) is 0 Å². The molecule has 1 saturated heterocycles. The molecule has 6 nitrogen and oxygen atoms in total. The van der Waals surface area contributed by atoms with Crippen molar-refractivity contribution in [1.82, 2.24) is 15.0 Å². The molecule has 60 heavy (non-hydrogen) atoms. The number of hydrogen-bond acceptors (Lipinski definition) is 6. The van der Waals surface area contributed by atoms with Crippen molar-refractivity contribution >= 4 is 50.5 Å². The minimum Gasteiger partial charge on any atom is -0.378 e. The molecule has 2 aliphatic rings. The summed E-state index contributed by atoms with van der Waals surface area (Å²) in [4.78, 5) is 18.2. The number of pyridine rings is 3. The highest BCUT2D eigenvalue weighted by Crippen LogP contribution is 2.48. The molecule has 1 fully saturated rings. The SMILES string of the molecule is Cc1c(Cc2cccc(F)c2)nc2cc(F)cc(F)c2c1Cl.Cc1c(Cc2cccc(F)c2)nc2cc(F)cc(F)c2c1N1CC(C)(C)c2ncc(N3CCOCC3)cc21. The fourth-order valence-corrected chi connectivity index (χ4v) is 8.42. The maximum atomic E-state index is 15.5. The molecule has 0 bridgehead atoms. The van der Waals surface area contributed by atoms with Crippen molar-refractivity contribution in [3.05, 3.63) is 164 Å². The monoisotopic (exact) mass is 839 g/mol. The number of benzene rings is 4. The zero-order valence-corrected chi connectivity index (χ0v) is 34.1. The smallest absolute Gasteiger partial charge is 0.137 e. The van der Waals surface area contributed by atoms with Crippen molar-refractivity contribution in [2.75, 3.05) is 42.6 Å². The lowest BCUT2D eigenvalue weighted by molar-refractivity contribution is 0.122. The number of ether oxygens (including phenoxy) is 1. The molecule has 0 unspecified atom stereocenters. The van der Waals surface area contributed by atoms with E-state index in [1.165, 1.54) is 30.3 Å². The standard InChI is InChI=1S/C30H29F3N4O.C17H11ClF3N/c1-18-24(12-19-5-4-6-20(31)11-19)35-25-14-21(32)13-23(33)27(25)28(18)37-17-30(2,3)29-26(37)15-22(16-34-29)36-7-9-38-10-8-36;1-9-14(6-10-3-2-4-11(19)5-10)22-15-8-12(20)7-13(21)16(15)17(9)18/h4-6,11,13-16H,7-10,12,17H2,1-3H3;2-5,7-8H,6H2,1H3. The molecule has 0 aliphatic carbocycles. The molecule has 7 aromatic rings. The van der Waals surface area contributed by atoms with Gasteiger partial charge in [-0.25, -0.2) is 26.3 Å². The summed E-state index contributed by atoms with van der Waals surface area (Å²) < 4.78 is 89.9. The Labute approximate surface area is 348 Å². The summed E-state index contributed by atoms with van der Waals surface area (Å²) in [5.41, 5.74) is 7.56. The number of anilines is 3. The van der Waals surface area contributed by atoms with E-state index < -0.39 is 23.3 Å². The molecular weight excluding hydrogens is 800 g/mol. The Morgan fingerprint density at radius 2 is 1.23 bits per heavy atom. The van der Waals surface area contributed by atoms with Gasteiger partial charge in [-0.1, -0.05) is 49.7 Å². The molecule has 5 heterocycles. The Balaban J connectivity index is 0.000000193. The van der Waals surface area contributed by atoms with E-state index in [4.69, 9.17) is 21.3 Å². The number of rotatable bonds is 6. The maximum Gasteiger partial charge on any atom is 0.137 e. The molecule has 4 aromatic carbocycles. The molecule has 0 N–H and O–H groups in total. The van der Waals surface area contributed by atoms with E-state index in [9.17, 15) is 22.0 Å². The second-order valence-electron chi connectivity index (χ2n) is 15.8. The van der Waals surface area contributed by atoms with E-state index >= 15 is 4.39 Å². The number of aromatic nitrogens is 3. The molecule has 0 atom stereocenters. The number of nitrogens with zero attached hydrogens (tertiary/aromatic N) is 5. The van der Waals surface area contributed by atoms with Crippen molar-refractivity contribution in [3.63, 3.8) is 0 Å². The first-order valence-corrected chi connectivity index (χ1v) is 19.9. The Kier molecular flexibility index (Phi) is 11.2. The predicted molar refractivity (Wildman–Crippen MR) is 224 cm³/mol. The third-order valence-corrected chi connectivity index (χ3v) is 11.6. The van der Waals surface area contributed by atoms with Gasteiger partial charge >= 0.3 is 0 Å². The van der Waals surface area contributed by atoms with Crippen LogP contribution in [0, 0.1) is 48.8 Å². The van der Waals surface area contributed by atoms with Crippen molar-refractivity contribution < 1.29 is 31.1 Å². The molecule has 2 aliphatic heterocycles. The highest BCUT2D eigenvalue weighted by atomic mass is 35.5. The molecule has 13 heteroatoms.